The number of halogens is 1. The van der Waals surface area contributed by atoms with E-state index in [1.165, 1.54) is 31.7 Å². The van der Waals surface area contributed by atoms with Gasteiger partial charge in [0.2, 0.25) is 0 Å². The predicted molar refractivity (Wildman–Crippen MR) is 80.4 cm³/mol. The molecule has 0 amide bonds. The minimum absolute atomic E-state index is 0.0577. The van der Waals surface area contributed by atoms with Crippen molar-refractivity contribution in [3.8, 4) is 16.9 Å². The van der Waals surface area contributed by atoms with Crippen molar-refractivity contribution in [1.29, 1.82) is 0 Å². The first-order chi connectivity index (χ1) is 10.2. The Morgan fingerprint density at radius 2 is 2.00 bits per heavy atom. The molecule has 21 heavy (non-hydrogen) atoms. The van der Waals surface area contributed by atoms with Gasteiger partial charge in [-0.05, 0) is 36.6 Å². The van der Waals surface area contributed by atoms with Crippen LogP contribution in [0.15, 0.2) is 36.7 Å². The number of nitrogens with one attached hydrogen (secondary N) is 1. The molecule has 110 valence electrons. The van der Waals surface area contributed by atoms with Crippen molar-refractivity contribution in [3.05, 3.63) is 48.0 Å². The van der Waals surface area contributed by atoms with Crippen molar-refractivity contribution in [2.24, 2.45) is 0 Å². The Balaban J connectivity index is 1.75. The molecule has 3 nitrogen and oxygen atoms in total. The first kappa shape index (κ1) is 14.0. The lowest BCUT2D eigenvalue weighted by molar-refractivity contribution is 0.471. The van der Waals surface area contributed by atoms with Crippen LogP contribution in [0.25, 0.3) is 11.1 Å². The first-order valence-electron chi connectivity index (χ1n) is 7.38. The third-order valence-electron chi connectivity index (χ3n) is 4.02. The van der Waals surface area contributed by atoms with Gasteiger partial charge in [0.05, 0.1) is 0 Å². The van der Waals surface area contributed by atoms with Crippen molar-refractivity contribution >= 4 is 0 Å². The number of benzene rings is 1. The molecule has 0 spiro atoms. The minimum atomic E-state index is -0.441. The van der Waals surface area contributed by atoms with E-state index in [4.69, 9.17) is 0 Å². The molecule has 1 fully saturated rings. The molecule has 2 aromatic rings. The van der Waals surface area contributed by atoms with Crippen molar-refractivity contribution < 1.29 is 9.50 Å². The van der Waals surface area contributed by atoms with Crippen LogP contribution in [-0.2, 0) is 6.54 Å². The van der Waals surface area contributed by atoms with E-state index < -0.39 is 5.82 Å². The van der Waals surface area contributed by atoms with E-state index in [1.807, 2.05) is 12.3 Å². The van der Waals surface area contributed by atoms with Gasteiger partial charge in [-0.2, -0.15) is 0 Å². The molecule has 1 aromatic carbocycles. The molecule has 1 aliphatic carbocycles. The number of phenols is 1. The highest BCUT2D eigenvalue weighted by molar-refractivity contribution is 5.69. The fourth-order valence-electron chi connectivity index (χ4n) is 2.87. The van der Waals surface area contributed by atoms with Crippen LogP contribution in [0.1, 0.15) is 31.2 Å². The smallest absolute Gasteiger partial charge is 0.126 e. The standard InChI is InChI=1S/C17H19FN2O/c18-14-5-6-16(17(21)8-14)13-7-12(9-19-11-13)10-20-15-3-1-2-4-15/h5-9,11,15,20-21H,1-4,10H2. The fraction of sp³-hybridized carbons (Fsp3) is 0.353. The summed E-state index contributed by atoms with van der Waals surface area (Å²) in [6.07, 6.45) is 8.61. The summed E-state index contributed by atoms with van der Waals surface area (Å²) in [6.45, 7) is 0.771. The van der Waals surface area contributed by atoms with E-state index in [0.717, 1.165) is 23.7 Å². The van der Waals surface area contributed by atoms with Gasteiger partial charge in [0.15, 0.2) is 0 Å². The van der Waals surface area contributed by atoms with E-state index in [0.29, 0.717) is 11.6 Å². The predicted octanol–water partition coefficient (Wildman–Crippen LogP) is 3.63. The molecule has 1 heterocycles. The molecule has 0 aliphatic heterocycles. The van der Waals surface area contributed by atoms with Crippen molar-refractivity contribution in [2.45, 2.75) is 38.3 Å². The summed E-state index contributed by atoms with van der Waals surface area (Å²) < 4.78 is 13.1. The lowest BCUT2D eigenvalue weighted by Crippen LogP contribution is -2.25. The Kier molecular flexibility index (Phi) is 4.15. The number of phenolic OH excluding ortho intramolecular Hbond substituents is 1. The summed E-state index contributed by atoms with van der Waals surface area (Å²) in [7, 11) is 0. The molecular weight excluding hydrogens is 267 g/mol. The van der Waals surface area contributed by atoms with Crippen LogP contribution in [0, 0.1) is 5.82 Å². The van der Waals surface area contributed by atoms with E-state index in [9.17, 15) is 9.50 Å². The normalized spacial score (nSPS) is 15.5. The van der Waals surface area contributed by atoms with E-state index in [-0.39, 0.29) is 5.75 Å². The number of pyridine rings is 1. The van der Waals surface area contributed by atoms with Crippen LogP contribution in [0.4, 0.5) is 4.39 Å². The van der Waals surface area contributed by atoms with Gasteiger partial charge in [-0.25, -0.2) is 4.39 Å². The molecule has 0 unspecified atom stereocenters. The highest BCUT2D eigenvalue weighted by Gasteiger charge is 2.14. The lowest BCUT2D eigenvalue weighted by atomic mass is 10.0. The second kappa shape index (κ2) is 6.22. The molecule has 0 atom stereocenters. The monoisotopic (exact) mass is 286 g/mol. The van der Waals surface area contributed by atoms with Gasteiger partial charge in [0.1, 0.15) is 11.6 Å². The summed E-state index contributed by atoms with van der Waals surface area (Å²) in [5, 5.41) is 13.4. The molecular formula is C17H19FN2O. The number of aromatic hydroxyl groups is 1. The van der Waals surface area contributed by atoms with Gasteiger partial charge >= 0.3 is 0 Å². The number of hydrogen-bond acceptors (Lipinski definition) is 3. The quantitative estimate of drug-likeness (QED) is 0.902. The average Bonchev–Trinajstić information content (AvgIpc) is 2.99. The molecule has 4 heteroatoms. The molecule has 0 radical (unpaired) electrons. The summed E-state index contributed by atoms with van der Waals surface area (Å²) >= 11 is 0. The molecule has 3 rings (SSSR count). The maximum Gasteiger partial charge on any atom is 0.126 e. The van der Waals surface area contributed by atoms with Gasteiger partial charge in [-0.1, -0.05) is 12.8 Å². The van der Waals surface area contributed by atoms with Crippen LogP contribution in [0.3, 0.4) is 0 Å². The van der Waals surface area contributed by atoms with Gasteiger partial charge in [-0.15, -0.1) is 0 Å². The highest BCUT2D eigenvalue weighted by Crippen LogP contribution is 2.29. The highest BCUT2D eigenvalue weighted by atomic mass is 19.1. The van der Waals surface area contributed by atoms with Crippen molar-refractivity contribution in [1.82, 2.24) is 10.3 Å². The summed E-state index contributed by atoms with van der Waals surface area (Å²) in [6, 6.07) is 6.64. The van der Waals surface area contributed by atoms with Crippen LogP contribution in [0.2, 0.25) is 0 Å². The Morgan fingerprint density at radius 1 is 1.19 bits per heavy atom. The largest absolute Gasteiger partial charge is 0.507 e. The topological polar surface area (TPSA) is 45.2 Å². The molecule has 1 aliphatic rings. The lowest BCUT2D eigenvalue weighted by Gasteiger charge is -2.12. The summed E-state index contributed by atoms with van der Waals surface area (Å²) in [4.78, 5) is 4.22. The number of hydrogen-bond donors (Lipinski definition) is 2. The zero-order valence-electron chi connectivity index (χ0n) is 11.8. The zero-order chi connectivity index (χ0) is 14.7. The Labute approximate surface area is 123 Å². The maximum absolute atomic E-state index is 13.1. The first-order valence-corrected chi connectivity index (χ1v) is 7.38. The van der Waals surface area contributed by atoms with Gasteiger partial charge in [0.25, 0.3) is 0 Å². The Hall–Kier alpha value is -1.94. The Morgan fingerprint density at radius 3 is 2.76 bits per heavy atom. The average molecular weight is 286 g/mol. The third-order valence-corrected chi connectivity index (χ3v) is 4.02. The Bertz CT molecular complexity index is 624. The van der Waals surface area contributed by atoms with E-state index >= 15 is 0 Å². The van der Waals surface area contributed by atoms with Crippen molar-refractivity contribution in [2.75, 3.05) is 0 Å². The van der Waals surface area contributed by atoms with Crippen LogP contribution >= 0.6 is 0 Å². The van der Waals surface area contributed by atoms with Gasteiger partial charge < -0.3 is 10.4 Å². The minimum Gasteiger partial charge on any atom is -0.507 e. The second-order valence-corrected chi connectivity index (χ2v) is 5.61. The second-order valence-electron chi connectivity index (χ2n) is 5.61. The maximum atomic E-state index is 13.1. The van der Waals surface area contributed by atoms with Crippen LogP contribution < -0.4 is 5.32 Å². The SMILES string of the molecule is Oc1cc(F)ccc1-c1cncc(CNC2CCCC2)c1. The fourth-order valence-corrected chi connectivity index (χ4v) is 2.87. The molecule has 1 saturated carbocycles. The molecule has 0 bridgehead atoms. The van der Waals surface area contributed by atoms with Crippen LogP contribution in [-0.4, -0.2) is 16.1 Å². The third kappa shape index (κ3) is 3.39. The zero-order valence-corrected chi connectivity index (χ0v) is 11.8. The van der Waals surface area contributed by atoms with Crippen molar-refractivity contribution in [3.63, 3.8) is 0 Å². The molecule has 1 aromatic heterocycles. The van der Waals surface area contributed by atoms with E-state index in [1.54, 1.807) is 12.3 Å². The number of nitrogens with zero attached hydrogens (tertiary/aromatic N) is 1. The molecule has 0 saturated heterocycles. The molecule has 2 N–H and O–H groups in total. The summed E-state index contributed by atoms with van der Waals surface area (Å²) in [5.74, 6) is -0.499. The summed E-state index contributed by atoms with van der Waals surface area (Å²) in [5.41, 5.74) is 2.48. The van der Waals surface area contributed by atoms with Gasteiger partial charge in [-0.3, -0.25) is 4.98 Å². The van der Waals surface area contributed by atoms with Gasteiger partial charge in [0, 0.05) is 42.2 Å². The van der Waals surface area contributed by atoms with Crippen LogP contribution in [0.5, 0.6) is 5.75 Å². The number of rotatable bonds is 4. The number of aromatic nitrogens is 1. The van der Waals surface area contributed by atoms with E-state index in [2.05, 4.69) is 10.3 Å².